The predicted octanol–water partition coefficient (Wildman–Crippen LogP) is 6.49. The lowest BCUT2D eigenvalue weighted by Crippen LogP contribution is -2.43. The molecule has 1 spiro atoms. The summed E-state index contributed by atoms with van der Waals surface area (Å²) < 4.78 is 2.57. The molecule has 0 amide bonds. The molecule has 0 N–H and O–H groups in total. The molecule has 30 heavy (non-hydrogen) atoms. The van der Waals surface area contributed by atoms with E-state index in [-0.39, 0.29) is 11.0 Å². The molecule has 0 saturated heterocycles. The van der Waals surface area contributed by atoms with Gasteiger partial charge >= 0.3 is 0 Å². The molecular weight excluding hydrogens is 362 g/mol. The first-order valence-corrected chi connectivity index (χ1v) is 11.0. The highest BCUT2D eigenvalue weighted by atomic mass is 15.1. The molecule has 3 aliphatic carbocycles. The molecule has 2 bridgehead atoms. The Hall–Kier alpha value is -2.93. The van der Waals surface area contributed by atoms with E-state index in [1.165, 1.54) is 50.2 Å². The van der Waals surface area contributed by atoms with Crippen LogP contribution < -0.4 is 0 Å². The first-order chi connectivity index (χ1) is 14.4. The molecule has 3 aromatic rings. The summed E-state index contributed by atoms with van der Waals surface area (Å²) in [6.07, 6.45) is 5.11. The average Bonchev–Trinajstić information content (AvgIpc) is 2.96. The van der Waals surface area contributed by atoms with Gasteiger partial charge in [0.2, 0.25) is 5.69 Å². The lowest BCUT2D eigenvalue weighted by Gasteiger charge is -2.44. The minimum Gasteiger partial charge on any atom is -0.192 e. The van der Waals surface area contributed by atoms with E-state index < -0.39 is 0 Å². The molecule has 0 saturated carbocycles. The summed E-state index contributed by atoms with van der Waals surface area (Å²) in [7, 11) is 0. The molecule has 0 fully saturated rings. The van der Waals surface area contributed by atoms with Crippen molar-refractivity contribution in [3.05, 3.63) is 111 Å². The zero-order chi connectivity index (χ0) is 20.8. The second-order valence-electron chi connectivity index (χ2n) is 9.85. The van der Waals surface area contributed by atoms with Crippen molar-refractivity contribution in [2.75, 3.05) is 0 Å². The van der Waals surface area contributed by atoms with Crippen molar-refractivity contribution in [1.29, 1.82) is 0 Å². The average molecular weight is 391 g/mol. The molecule has 3 aromatic carbocycles. The van der Waals surface area contributed by atoms with E-state index in [2.05, 4.69) is 112 Å². The molecule has 148 valence electrons. The fourth-order valence-electron chi connectivity index (χ4n) is 6.61. The summed E-state index contributed by atoms with van der Waals surface area (Å²) in [6, 6.07) is 22.8. The monoisotopic (exact) mass is 390 g/mol. The van der Waals surface area contributed by atoms with Crippen LogP contribution >= 0.6 is 0 Å². The number of hydrogen-bond donors (Lipinski definition) is 0. The van der Waals surface area contributed by atoms with Crippen LogP contribution in [-0.4, -0.2) is 16.3 Å². The van der Waals surface area contributed by atoms with E-state index in [9.17, 15) is 0 Å². The third-order valence-electron chi connectivity index (χ3n) is 7.66. The first kappa shape index (κ1) is 17.9. The van der Waals surface area contributed by atoms with Crippen molar-refractivity contribution < 1.29 is 4.58 Å². The van der Waals surface area contributed by atoms with Crippen LogP contribution in [0.1, 0.15) is 58.7 Å². The lowest BCUT2D eigenvalue weighted by atomic mass is 9.54. The van der Waals surface area contributed by atoms with Crippen molar-refractivity contribution in [3.63, 3.8) is 0 Å². The maximum Gasteiger partial charge on any atom is 0.211 e. The van der Waals surface area contributed by atoms with Crippen molar-refractivity contribution in [2.45, 2.75) is 51.5 Å². The molecule has 1 aliphatic heterocycles. The topological polar surface area (TPSA) is 3.01 Å². The Labute approximate surface area is 179 Å². The van der Waals surface area contributed by atoms with Crippen LogP contribution in [0.3, 0.4) is 0 Å². The fourth-order valence-corrected chi connectivity index (χ4v) is 6.61. The van der Waals surface area contributed by atoms with Gasteiger partial charge in [-0.3, -0.25) is 0 Å². The standard InChI is InChI=1S/C29H28N/c1-18-14-19(2)27(20(3)15-18)30-17-29-24-12-8-6-10-21(24)23(16-26(29)28(30,4)5)22-11-7-9-13-25(22)29/h6-17,23H,1-5H3/q+1. The Morgan fingerprint density at radius 1 is 0.767 bits per heavy atom. The highest BCUT2D eigenvalue weighted by Crippen LogP contribution is 2.61. The van der Waals surface area contributed by atoms with Crippen molar-refractivity contribution in [3.8, 4) is 0 Å². The quantitative estimate of drug-likeness (QED) is 0.330. The molecule has 0 radical (unpaired) electrons. The maximum absolute atomic E-state index is 2.57. The largest absolute Gasteiger partial charge is 0.211 e. The molecule has 1 heterocycles. The van der Waals surface area contributed by atoms with E-state index in [4.69, 9.17) is 0 Å². The molecule has 0 atom stereocenters. The maximum atomic E-state index is 2.57. The second kappa shape index (κ2) is 5.60. The molecule has 0 aromatic heterocycles. The Balaban J connectivity index is 1.74. The van der Waals surface area contributed by atoms with Crippen molar-refractivity contribution >= 4 is 11.9 Å². The summed E-state index contributed by atoms with van der Waals surface area (Å²) in [5, 5.41) is 0. The molecule has 0 unspecified atom stereocenters. The van der Waals surface area contributed by atoms with E-state index in [0.29, 0.717) is 5.92 Å². The second-order valence-corrected chi connectivity index (χ2v) is 9.85. The number of aryl methyl sites for hydroxylation is 3. The van der Waals surface area contributed by atoms with Gasteiger partial charge in [-0.25, -0.2) is 0 Å². The Morgan fingerprint density at radius 3 is 1.87 bits per heavy atom. The van der Waals surface area contributed by atoms with Gasteiger partial charge in [0.15, 0.2) is 11.8 Å². The molecule has 7 rings (SSSR count). The Kier molecular flexibility index (Phi) is 3.34. The van der Waals surface area contributed by atoms with Gasteiger partial charge in [-0.15, -0.1) is 0 Å². The third kappa shape index (κ3) is 1.96. The number of hydrogen-bond acceptors (Lipinski definition) is 0. The Morgan fingerprint density at radius 2 is 1.30 bits per heavy atom. The van der Waals surface area contributed by atoms with Crippen molar-refractivity contribution in [1.82, 2.24) is 0 Å². The van der Waals surface area contributed by atoms with Crippen LogP contribution in [0.15, 0.2) is 72.3 Å². The minimum atomic E-state index is -0.185. The summed E-state index contributed by atoms with van der Waals surface area (Å²) in [5.74, 6) is 0.349. The highest BCUT2D eigenvalue weighted by Gasteiger charge is 2.63. The lowest BCUT2D eigenvalue weighted by molar-refractivity contribution is -0.501. The van der Waals surface area contributed by atoms with E-state index in [1.54, 1.807) is 0 Å². The smallest absolute Gasteiger partial charge is 0.192 e. The number of nitrogens with zero attached hydrogens (tertiary/aromatic N) is 1. The van der Waals surface area contributed by atoms with E-state index in [1.807, 2.05) is 0 Å². The van der Waals surface area contributed by atoms with Crippen LogP contribution in [0, 0.1) is 20.8 Å². The van der Waals surface area contributed by atoms with Gasteiger partial charge in [-0.05, 0) is 55.2 Å². The molecular formula is C29H28N+. The molecule has 4 aliphatic rings. The predicted molar refractivity (Wildman–Crippen MR) is 124 cm³/mol. The Bertz CT molecular complexity index is 1230. The number of allylic oxidation sites excluding steroid dienone is 1. The van der Waals surface area contributed by atoms with Gasteiger partial charge in [0.25, 0.3) is 0 Å². The first-order valence-electron chi connectivity index (χ1n) is 11.0. The van der Waals surface area contributed by atoms with E-state index >= 15 is 0 Å². The van der Waals surface area contributed by atoms with Crippen LogP contribution in [0.5, 0.6) is 0 Å². The van der Waals surface area contributed by atoms with E-state index in [0.717, 1.165) is 0 Å². The summed E-state index contributed by atoms with van der Waals surface area (Å²) >= 11 is 0. The zero-order valence-corrected chi connectivity index (χ0v) is 18.5. The number of benzene rings is 3. The fraction of sp³-hybridized carbons (Fsp3) is 0.276. The van der Waals surface area contributed by atoms with Gasteiger partial charge in [0.1, 0.15) is 5.41 Å². The van der Waals surface area contributed by atoms with Crippen LogP contribution in [0.25, 0.3) is 0 Å². The molecule has 1 heteroatoms. The number of rotatable bonds is 1. The summed E-state index contributed by atoms with van der Waals surface area (Å²) in [4.78, 5) is 0. The van der Waals surface area contributed by atoms with Crippen LogP contribution in [0.2, 0.25) is 0 Å². The summed E-state index contributed by atoms with van der Waals surface area (Å²) in [5.41, 5.74) is 12.5. The third-order valence-corrected chi connectivity index (χ3v) is 7.66. The SMILES string of the molecule is Cc1cc(C)c([N+]2=CC34C(=CC(c5ccccc53)c3ccccc34)C2(C)C)c(C)c1. The van der Waals surface area contributed by atoms with Crippen LogP contribution in [0.4, 0.5) is 5.69 Å². The highest BCUT2D eigenvalue weighted by molar-refractivity contribution is 5.91. The van der Waals surface area contributed by atoms with Gasteiger partial charge in [-0.2, -0.15) is 4.58 Å². The van der Waals surface area contributed by atoms with Gasteiger partial charge in [0.05, 0.1) is 0 Å². The van der Waals surface area contributed by atoms with Crippen LogP contribution in [-0.2, 0) is 5.41 Å². The molecule has 1 nitrogen and oxygen atoms in total. The minimum absolute atomic E-state index is 0.0932. The van der Waals surface area contributed by atoms with Gasteiger partial charge in [-0.1, -0.05) is 60.2 Å². The van der Waals surface area contributed by atoms with Crippen molar-refractivity contribution in [2.24, 2.45) is 0 Å². The summed E-state index contributed by atoms with van der Waals surface area (Å²) in [6.45, 7) is 11.5. The van der Waals surface area contributed by atoms with Gasteiger partial charge < -0.3 is 0 Å². The normalized spacial score (nSPS) is 24.6. The zero-order valence-electron chi connectivity index (χ0n) is 18.5. The van der Waals surface area contributed by atoms with Gasteiger partial charge in [0, 0.05) is 36.5 Å².